The molecule has 0 atom stereocenters. The third-order valence-electron chi connectivity index (χ3n) is 9.69. The highest BCUT2D eigenvalue weighted by Gasteiger charge is 2.22. The average Bonchev–Trinajstić information content (AvgIpc) is 3.62. The molecule has 9 aromatic rings. The van der Waals surface area contributed by atoms with E-state index in [0.717, 1.165) is 12.8 Å². The SMILES string of the molecule is C1=CC(n2c3ccccc3c3ccc4c5ccccc5n(-c5ccc6c7ccccc7c7ccccc7c6c5)c4c32)=CCC1. The number of hydrogen-bond donors (Lipinski definition) is 0. The lowest BCUT2D eigenvalue weighted by molar-refractivity contribution is 1.02. The van der Waals surface area contributed by atoms with Gasteiger partial charge in [0.15, 0.2) is 0 Å². The lowest BCUT2D eigenvalue weighted by atomic mass is 9.94. The molecule has 2 heteroatoms. The first-order chi connectivity index (χ1) is 21.9. The van der Waals surface area contributed by atoms with Gasteiger partial charge in [-0.1, -0.05) is 115 Å². The van der Waals surface area contributed by atoms with Crippen molar-refractivity contribution >= 4 is 81.6 Å². The van der Waals surface area contributed by atoms with E-state index in [1.165, 1.54) is 87.3 Å². The predicted molar refractivity (Wildman–Crippen MR) is 189 cm³/mol. The molecule has 0 unspecified atom stereocenters. The molecular weight excluding hydrogens is 532 g/mol. The van der Waals surface area contributed by atoms with Gasteiger partial charge in [-0.15, -0.1) is 0 Å². The number of para-hydroxylation sites is 2. The van der Waals surface area contributed by atoms with Crippen LogP contribution in [-0.2, 0) is 0 Å². The highest BCUT2D eigenvalue weighted by molar-refractivity contribution is 6.27. The van der Waals surface area contributed by atoms with E-state index >= 15 is 0 Å². The van der Waals surface area contributed by atoms with Gasteiger partial charge in [0.2, 0.25) is 0 Å². The normalized spacial score (nSPS) is 13.8. The zero-order valence-corrected chi connectivity index (χ0v) is 24.2. The zero-order chi connectivity index (χ0) is 28.8. The molecule has 1 aliphatic carbocycles. The zero-order valence-electron chi connectivity index (χ0n) is 24.2. The maximum Gasteiger partial charge on any atom is 0.0788 e. The second-order valence-electron chi connectivity index (χ2n) is 12.0. The molecule has 0 radical (unpaired) electrons. The standard InChI is InChI=1S/C42H28N2/c1-2-12-27(13-3-1)43-39-20-10-8-18-34(39)36-24-25-37-35-19-9-11-21-40(35)44(42(37)41(36)43)28-22-23-33-31-16-5-4-14-29(31)30-15-6-7-17-32(30)38(33)26-28/h2,4-26H,1,3H2. The van der Waals surface area contributed by atoms with E-state index in [4.69, 9.17) is 0 Å². The Labute approximate surface area is 254 Å². The summed E-state index contributed by atoms with van der Waals surface area (Å²) in [5.41, 5.74) is 7.43. The lowest BCUT2D eigenvalue weighted by Gasteiger charge is -2.16. The van der Waals surface area contributed by atoms with Crippen LogP contribution in [0.2, 0.25) is 0 Å². The van der Waals surface area contributed by atoms with E-state index in [0.29, 0.717) is 0 Å². The van der Waals surface area contributed by atoms with Gasteiger partial charge in [-0.3, -0.25) is 0 Å². The van der Waals surface area contributed by atoms with Crippen LogP contribution in [0.15, 0.2) is 146 Å². The van der Waals surface area contributed by atoms with Crippen LogP contribution in [0.4, 0.5) is 0 Å². The second-order valence-corrected chi connectivity index (χ2v) is 12.0. The summed E-state index contributed by atoms with van der Waals surface area (Å²) in [6.07, 6.45) is 9.16. The number of rotatable bonds is 2. The maximum absolute atomic E-state index is 2.51. The number of aromatic nitrogens is 2. The Morgan fingerprint density at radius 3 is 1.45 bits per heavy atom. The van der Waals surface area contributed by atoms with Crippen molar-refractivity contribution in [1.82, 2.24) is 9.13 Å². The van der Waals surface area contributed by atoms with Gasteiger partial charge in [-0.05, 0) is 75.5 Å². The van der Waals surface area contributed by atoms with Crippen LogP contribution in [0.5, 0.6) is 0 Å². The van der Waals surface area contributed by atoms with Crippen molar-refractivity contribution in [3.05, 3.63) is 146 Å². The number of benzene rings is 7. The van der Waals surface area contributed by atoms with Gasteiger partial charge in [0.25, 0.3) is 0 Å². The van der Waals surface area contributed by atoms with Crippen LogP contribution < -0.4 is 0 Å². The number of allylic oxidation sites excluding steroid dienone is 4. The fraction of sp³-hybridized carbons (Fsp3) is 0.0476. The number of nitrogens with zero attached hydrogens (tertiary/aromatic N) is 2. The maximum atomic E-state index is 2.51. The summed E-state index contributed by atoms with van der Waals surface area (Å²) in [7, 11) is 0. The fourth-order valence-electron chi connectivity index (χ4n) is 7.84. The summed E-state index contributed by atoms with van der Waals surface area (Å²) in [6, 6.07) is 47.2. The number of hydrogen-bond acceptors (Lipinski definition) is 0. The smallest absolute Gasteiger partial charge is 0.0788 e. The Balaban J connectivity index is 1.41. The van der Waals surface area contributed by atoms with Crippen molar-refractivity contribution in [3.8, 4) is 5.69 Å². The molecule has 1 aliphatic rings. The third kappa shape index (κ3) is 3.15. The Kier molecular flexibility index (Phi) is 4.86. The van der Waals surface area contributed by atoms with Crippen molar-refractivity contribution in [1.29, 1.82) is 0 Å². The van der Waals surface area contributed by atoms with Gasteiger partial charge in [0, 0.05) is 32.9 Å². The molecular formula is C42H28N2. The molecule has 0 amide bonds. The predicted octanol–water partition coefficient (Wildman–Crippen LogP) is 11.5. The highest BCUT2D eigenvalue weighted by Crippen LogP contribution is 2.43. The summed E-state index contributed by atoms with van der Waals surface area (Å²) in [6.45, 7) is 0. The number of fused-ring (bicyclic) bond motifs is 13. The first kappa shape index (κ1) is 23.9. The summed E-state index contributed by atoms with van der Waals surface area (Å²) in [5, 5.41) is 12.9. The molecule has 0 N–H and O–H groups in total. The monoisotopic (exact) mass is 560 g/mol. The summed E-state index contributed by atoms with van der Waals surface area (Å²) < 4.78 is 5.01. The van der Waals surface area contributed by atoms with Crippen LogP contribution in [0.3, 0.4) is 0 Å². The Morgan fingerprint density at radius 1 is 0.386 bits per heavy atom. The van der Waals surface area contributed by atoms with Crippen LogP contribution in [0.1, 0.15) is 12.8 Å². The molecule has 0 saturated heterocycles. The van der Waals surface area contributed by atoms with Crippen LogP contribution >= 0.6 is 0 Å². The van der Waals surface area contributed by atoms with E-state index in [1.54, 1.807) is 0 Å². The fourth-order valence-corrected chi connectivity index (χ4v) is 7.84. The van der Waals surface area contributed by atoms with Gasteiger partial charge >= 0.3 is 0 Å². The first-order valence-corrected chi connectivity index (χ1v) is 15.5. The largest absolute Gasteiger partial charge is 0.308 e. The molecule has 2 aromatic heterocycles. The summed E-state index contributed by atoms with van der Waals surface area (Å²) in [4.78, 5) is 0. The van der Waals surface area contributed by atoms with E-state index in [1.807, 2.05) is 0 Å². The van der Waals surface area contributed by atoms with Crippen molar-refractivity contribution in [2.75, 3.05) is 0 Å². The molecule has 0 aliphatic heterocycles. The molecule has 0 fully saturated rings. The van der Waals surface area contributed by atoms with E-state index in [2.05, 4.69) is 155 Å². The van der Waals surface area contributed by atoms with E-state index in [9.17, 15) is 0 Å². The molecule has 0 bridgehead atoms. The first-order valence-electron chi connectivity index (χ1n) is 15.5. The Morgan fingerprint density at radius 2 is 0.864 bits per heavy atom. The van der Waals surface area contributed by atoms with E-state index < -0.39 is 0 Å². The molecule has 2 heterocycles. The van der Waals surface area contributed by atoms with Crippen molar-refractivity contribution in [2.45, 2.75) is 12.8 Å². The van der Waals surface area contributed by atoms with Crippen molar-refractivity contribution in [3.63, 3.8) is 0 Å². The minimum absolute atomic E-state index is 1.06. The molecule has 7 aromatic carbocycles. The minimum Gasteiger partial charge on any atom is -0.308 e. The molecule has 44 heavy (non-hydrogen) atoms. The van der Waals surface area contributed by atoms with Gasteiger partial charge in [-0.25, -0.2) is 0 Å². The van der Waals surface area contributed by atoms with Crippen LogP contribution in [0, 0.1) is 0 Å². The van der Waals surface area contributed by atoms with Crippen LogP contribution in [0.25, 0.3) is 87.3 Å². The quantitative estimate of drug-likeness (QED) is 0.186. The van der Waals surface area contributed by atoms with Crippen molar-refractivity contribution < 1.29 is 0 Å². The minimum atomic E-state index is 1.06. The van der Waals surface area contributed by atoms with Crippen LogP contribution in [-0.4, -0.2) is 9.13 Å². The van der Waals surface area contributed by atoms with Gasteiger partial charge in [0.1, 0.15) is 0 Å². The Bertz CT molecular complexity index is 2680. The van der Waals surface area contributed by atoms with E-state index in [-0.39, 0.29) is 0 Å². The average molecular weight is 561 g/mol. The Hall–Kier alpha value is -5.60. The molecule has 0 saturated carbocycles. The third-order valence-corrected chi connectivity index (χ3v) is 9.69. The summed E-state index contributed by atoms with van der Waals surface area (Å²) in [5.74, 6) is 0. The molecule has 0 spiro atoms. The van der Waals surface area contributed by atoms with Crippen molar-refractivity contribution in [2.24, 2.45) is 0 Å². The van der Waals surface area contributed by atoms with Gasteiger partial charge in [-0.2, -0.15) is 0 Å². The topological polar surface area (TPSA) is 9.86 Å². The molecule has 2 nitrogen and oxygen atoms in total. The van der Waals surface area contributed by atoms with Gasteiger partial charge < -0.3 is 9.13 Å². The lowest BCUT2D eigenvalue weighted by Crippen LogP contribution is -2.00. The molecule has 10 rings (SSSR count). The molecule has 206 valence electrons. The summed E-state index contributed by atoms with van der Waals surface area (Å²) >= 11 is 0. The highest BCUT2D eigenvalue weighted by atomic mass is 15.0. The second kappa shape index (κ2) is 8.95. The van der Waals surface area contributed by atoms with Gasteiger partial charge in [0.05, 0.1) is 22.1 Å².